The summed E-state index contributed by atoms with van der Waals surface area (Å²) in [4.78, 5) is 26.7. The molecule has 1 aliphatic heterocycles. The van der Waals surface area contributed by atoms with Crippen LogP contribution in [0.1, 0.15) is 23.4 Å². The summed E-state index contributed by atoms with van der Waals surface area (Å²) in [6.45, 7) is 2.84. The molecule has 1 aliphatic rings. The van der Waals surface area contributed by atoms with Crippen molar-refractivity contribution in [2.24, 2.45) is 0 Å². The van der Waals surface area contributed by atoms with Crippen molar-refractivity contribution in [3.8, 4) is 0 Å². The highest BCUT2D eigenvalue weighted by Gasteiger charge is 2.33. The van der Waals surface area contributed by atoms with E-state index in [2.05, 4.69) is 23.5 Å². The van der Waals surface area contributed by atoms with Crippen molar-refractivity contribution in [1.82, 2.24) is 10.2 Å². The van der Waals surface area contributed by atoms with E-state index in [1.54, 1.807) is 11.3 Å². The zero-order valence-corrected chi connectivity index (χ0v) is 13.8. The van der Waals surface area contributed by atoms with Crippen molar-refractivity contribution < 1.29 is 14.9 Å². The molecular weight excluding hydrogens is 310 g/mol. The van der Waals surface area contributed by atoms with Gasteiger partial charge in [0.1, 0.15) is 6.04 Å². The van der Waals surface area contributed by atoms with E-state index in [1.807, 2.05) is 41.9 Å². The largest absolute Gasteiger partial charge is 0.336 e. The lowest BCUT2D eigenvalue weighted by molar-refractivity contribution is -0.704. The number of urea groups is 1. The molecule has 3 rings (SSSR count). The van der Waals surface area contributed by atoms with Crippen LogP contribution in [0, 0.1) is 0 Å². The van der Waals surface area contributed by atoms with Crippen LogP contribution in [0.2, 0.25) is 0 Å². The first-order chi connectivity index (χ1) is 11.2. The molecule has 1 aromatic carbocycles. The van der Waals surface area contributed by atoms with E-state index in [4.69, 9.17) is 0 Å². The fourth-order valence-corrected chi connectivity index (χ4v) is 3.63. The zero-order chi connectivity index (χ0) is 16.2. The van der Waals surface area contributed by atoms with Crippen molar-refractivity contribution in [2.75, 3.05) is 13.1 Å². The van der Waals surface area contributed by atoms with Crippen LogP contribution in [0.25, 0.3) is 0 Å². The fourth-order valence-electron chi connectivity index (χ4n) is 2.80. The van der Waals surface area contributed by atoms with Crippen LogP contribution in [-0.4, -0.2) is 36.0 Å². The van der Waals surface area contributed by atoms with E-state index in [0.29, 0.717) is 13.1 Å². The Kier molecular flexibility index (Phi) is 4.73. The number of rotatable bonds is 5. The first-order valence-corrected chi connectivity index (χ1v) is 8.57. The Bertz CT molecular complexity index is 672. The first-order valence-electron chi connectivity index (χ1n) is 7.69. The monoisotopic (exact) mass is 330 g/mol. The highest BCUT2D eigenvalue weighted by Crippen LogP contribution is 2.22. The lowest BCUT2D eigenvalue weighted by Gasteiger charge is -2.21. The van der Waals surface area contributed by atoms with Gasteiger partial charge in [-0.3, -0.25) is 9.69 Å². The molecule has 1 saturated heterocycles. The molecule has 1 fully saturated rings. The van der Waals surface area contributed by atoms with Crippen LogP contribution >= 0.6 is 11.3 Å². The number of hydrogen-bond acceptors (Lipinski definition) is 3. The summed E-state index contributed by atoms with van der Waals surface area (Å²) >= 11 is 1.68. The molecule has 2 heterocycles. The SMILES string of the molecule is C[C@H]([NH2+][C@@H](c1ccccc1)c1cccs1)C(=O)N1CCNC1=O. The number of amides is 3. The highest BCUT2D eigenvalue weighted by molar-refractivity contribution is 7.10. The van der Waals surface area contributed by atoms with Gasteiger partial charge in [-0.2, -0.15) is 0 Å². The molecule has 0 unspecified atom stereocenters. The fraction of sp³-hybridized carbons (Fsp3) is 0.294. The quantitative estimate of drug-likeness (QED) is 0.869. The highest BCUT2D eigenvalue weighted by atomic mass is 32.1. The summed E-state index contributed by atoms with van der Waals surface area (Å²) in [6.07, 6.45) is 0. The maximum absolute atomic E-state index is 12.5. The average molecular weight is 330 g/mol. The Morgan fingerprint density at radius 3 is 2.65 bits per heavy atom. The second-order valence-corrected chi connectivity index (χ2v) is 6.59. The van der Waals surface area contributed by atoms with Gasteiger partial charge in [-0.05, 0) is 18.4 Å². The number of carbonyl (C=O) groups excluding carboxylic acids is 2. The van der Waals surface area contributed by atoms with Gasteiger partial charge in [0, 0.05) is 18.7 Å². The summed E-state index contributed by atoms with van der Waals surface area (Å²) in [5.41, 5.74) is 1.15. The van der Waals surface area contributed by atoms with Crippen LogP contribution in [0.4, 0.5) is 4.79 Å². The topological polar surface area (TPSA) is 66.0 Å². The van der Waals surface area contributed by atoms with Gasteiger partial charge in [0.25, 0.3) is 5.91 Å². The lowest BCUT2D eigenvalue weighted by atomic mass is 10.0. The zero-order valence-electron chi connectivity index (χ0n) is 12.9. The van der Waals surface area contributed by atoms with E-state index in [9.17, 15) is 9.59 Å². The Morgan fingerprint density at radius 2 is 2.04 bits per heavy atom. The van der Waals surface area contributed by atoms with E-state index in [-0.39, 0.29) is 24.0 Å². The molecule has 5 nitrogen and oxygen atoms in total. The van der Waals surface area contributed by atoms with Crippen molar-refractivity contribution >= 4 is 23.3 Å². The summed E-state index contributed by atoms with van der Waals surface area (Å²) in [7, 11) is 0. The summed E-state index contributed by atoms with van der Waals surface area (Å²) < 4.78 is 0. The molecule has 1 aromatic heterocycles. The lowest BCUT2D eigenvalue weighted by Crippen LogP contribution is -2.92. The van der Waals surface area contributed by atoms with Crippen LogP contribution < -0.4 is 10.6 Å². The van der Waals surface area contributed by atoms with Gasteiger partial charge in [-0.25, -0.2) is 4.79 Å². The second-order valence-electron chi connectivity index (χ2n) is 5.61. The van der Waals surface area contributed by atoms with Crippen molar-refractivity contribution in [3.05, 3.63) is 58.3 Å². The third kappa shape index (κ3) is 3.43. The van der Waals surface area contributed by atoms with Gasteiger partial charge >= 0.3 is 6.03 Å². The van der Waals surface area contributed by atoms with Crippen LogP contribution in [0.5, 0.6) is 0 Å². The molecule has 0 spiro atoms. The summed E-state index contributed by atoms with van der Waals surface area (Å²) in [5, 5.41) is 6.75. The standard InChI is InChI=1S/C17H19N3O2S/c1-12(16(21)20-10-9-18-17(20)22)19-15(14-8-5-11-23-14)13-6-3-2-4-7-13/h2-8,11-12,15,19H,9-10H2,1H3,(H,18,22)/p+1/t12-,15-/m0/s1. The molecule has 0 radical (unpaired) electrons. The Labute approximate surface area is 139 Å². The predicted molar refractivity (Wildman–Crippen MR) is 89.1 cm³/mol. The van der Waals surface area contributed by atoms with Crippen molar-refractivity contribution in [2.45, 2.75) is 19.0 Å². The van der Waals surface area contributed by atoms with Gasteiger partial charge in [-0.1, -0.05) is 36.4 Å². The molecule has 3 N–H and O–H groups in total. The number of benzene rings is 1. The Hall–Kier alpha value is -2.18. The molecule has 0 aliphatic carbocycles. The van der Waals surface area contributed by atoms with E-state index < -0.39 is 0 Å². The minimum Gasteiger partial charge on any atom is -0.336 e. The molecule has 120 valence electrons. The number of imide groups is 1. The molecular formula is C17H20N3O2S+. The van der Waals surface area contributed by atoms with E-state index in [1.165, 1.54) is 9.78 Å². The third-order valence-corrected chi connectivity index (χ3v) is 4.96. The average Bonchev–Trinajstić information content (AvgIpc) is 3.24. The van der Waals surface area contributed by atoms with Gasteiger partial charge < -0.3 is 10.6 Å². The summed E-state index contributed by atoms with van der Waals surface area (Å²) in [6, 6.07) is 13.7. The molecule has 3 amide bonds. The second kappa shape index (κ2) is 6.93. The molecule has 2 aromatic rings. The number of carbonyl (C=O) groups is 2. The normalized spacial score (nSPS) is 16.9. The molecule has 0 saturated carbocycles. The maximum atomic E-state index is 12.5. The van der Waals surface area contributed by atoms with Crippen LogP contribution in [0.15, 0.2) is 47.8 Å². The van der Waals surface area contributed by atoms with Gasteiger partial charge in [0.15, 0.2) is 6.04 Å². The Morgan fingerprint density at radius 1 is 1.26 bits per heavy atom. The minimum atomic E-state index is -0.328. The maximum Gasteiger partial charge on any atom is 0.324 e. The van der Waals surface area contributed by atoms with Crippen LogP contribution in [0.3, 0.4) is 0 Å². The number of thiophene rings is 1. The smallest absolute Gasteiger partial charge is 0.324 e. The first kappa shape index (κ1) is 15.7. The number of hydrogen-bond donors (Lipinski definition) is 2. The number of nitrogens with one attached hydrogen (secondary N) is 1. The molecule has 6 heteroatoms. The van der Waals surface area contributed by atoms with Gasteiger partial charge in [0.2, 0.25) is 0 Å². The van der Waals surface area contributed by atoms with Crippen molar-refractivity contribution in [3.63, 3.8) is 0 Å². The predicted octanol–water partition coefficient (Wildman–Crippen LogP) is 1.34. The number of nitrogens with two attached hydrogens (primary N) is 1. The third-order valence-electron chi connectivity index (χ3n) is 4.00. The number of quaternary nitrogens is 1. The molecule has 2 atom stereocenters. The van der Waals surface area contributed by atoms with Gasteiger partial charge in [0.05, 0.1) is 4.88 Å². The van der Waals surface area contributed by atoms with Crippen molar-refractivity contribution in [1.29, 1.82) is 0 Å². The van der Waals surface area contributed by atoms with E-state index >= 15 is 0 Å². The molecule has 23 heavy (non-hydrogen) atoms. The Balaban J connectivity index is 1.79. The summed E-state index contributed by atoms with van der Waals surface area (Å²) in [5.74, 6) is -0.141. The van der Waals surface area contributed by atoms with Crippen LogP contribution in [-0.2, 0) is 4.79 Å². The minimum absolute atomic E-state index is 0.0563. The van der Waals surface area contributed by atoms with E-state index in [0.717, 1.165) is 5.56 Å². The van der Waals surface area contributed by atoms with Gasteiger partial charge in [-0.15, -0.1) is 11.3 Å². The molecule has 0 bridgehead atoms. The number of nitrogens with zero attached hydrogens (tertiary/aromatic N) is 1.